The zero-order valence-corrected chi connectivity index (χ0v) is 15.7. The predicted octanol–water partition coefficient (Wildman–Crippen LogP) is 4.32. The van der Waals surface area contributed by atoms with Gasteiger partial charge in [-0.2, -0.15) is 10.2 Å². The number of carbonyl (C=O) groups excluding carboxylic acids is 1. The van der Waals surface area contributed by atoms with Gasteiger partial charge in [0.05, 0.1) is 6.54 Å². The first-order chi connectivity index (χ1) is 12.8. The fraction of sp³-hybridized carbons (Fsp3) is 0.235. The molecule has 0 saturated carbocycles. The molecule has 2 heterocycles. The van der Waals surface area contributed by atoms with Gasteiger partial charge in [-0.1, -0.05) is 41.4 Å². The second-order valence-electron chi connectivity index (χ2n) is 5.83. The average molecular weight is 414 g/mol. The maximum Gasteiger partial charge on any atom is 0.282 e. The SMILES string of the molecule is Cc1cc(C(F)F)nn1CC(=O)Nc1nn(Cc2ccccc2Cl)cc1Cl. The summed E-state index contributed by atoms with van der Waals surface area (Å²) < 4.78 is 28.1. The van der Waals surface area contributed by atoms with Gasteiger partial charge in [0.25, 0.3) is 6.43 Å². The molecule has 0 radical (unpaired) electrons. The number of alkyl halides is 2. The largest absolute Gasteiger partial charge is 0.306 e. The smallest absolute Gasteiger partial charge is 0.282 e. The van der Waals surface area contributed by atoms with Crippen LogP contribution in [-0.4, -0.2) is 25.5 Å². The number of hydrogen-bond donors (Lipinski definition) is 1. The third kappa shape index (κ3) is 4.64. The predicted molar refractivity (Wildman–Crippen MR) is 98.3 cm³/mol. The minimum atomic E-state index is -2.69. The fourth-order valence-electron chi connectivity index (χ4n) is 2.47. The number of benzene rings is 1. The first-order valence-corrected chi connectivity index (χ1v) is 8.68. The summed E-state index contributed by atoms with van der Waals surface area (Å²) in [5.41, 5.74) is 0.932. The lowest BCUT2D eigenvalue weighted by Gasteiger charge is -2.06. The number of carbonyl (C=O) groups is 1. The highest BCUT2D eigenvalue weighted by Gasteiger charge is 2.17. The number of nitrogens with zero attached hydrogens (tertiary/aromatic N) is 4. The van der Waals surface area contributed by atoms with E-state index < -0.39 is 12.3 Å². The maximum atomic E-state index is 12.7. The normalized spacial score (nSPS) is 11.2. The molecule has 0 aliphatic carbocycles. The van der Waals surface area contributed by atoms with Crippen LogP contribution in [0.25, 0.3) is 0 Å². The molecule has 3 rings (SSSR count). The summed E-state index contributed by atoms with van der Waals surface area (Å²) >= 11 is 12.2. The van der Waals surface area contributed by atoms with Gasteiger partial charge in [-0.15, -0.1) is 0 Å². The van der Waals surface area contributed by atoms with E-state index in [1.54, 1.807) is 23.9 Å². The Hall–Kier alpha value is -2.45. The van der Waals surface area contributed by atoms with Gasteiger partial charge in [-0.05, 0) is 24.6 Å². The molecule has 1 N–H and O–H groups in total. The number of aromatic nitrogens is 4. The van der Waals surface area contributed by atoms with Crippen molar-refractivity contribution in [2.24, 2.45) is 0 Å². The number of aryl methyl sites for hydroxylation is 1. The van der Waals surface area contributed by atoms with E-state index in [2.05, 4.69) is 15.5 Å². The van der Waals surface area contributed by atoms with Crippen LogP contribution < -0.4 is 5.32 Å². The molecule has 6 nitrogen and oxygen atoms in total. The van der Waals surface area contributed by atoms with Gasteiger partial charge in [-0.25, -0.2) is 8.78 Å². The second-order valence-corrected chi connectivity index (χ2v) is 6.65. The van der Waals surface area contributed by atoms with Crippen LogP contribution in [0.1, 0.15) is 23.4 Å². The Balaban J connectivity index is 1.68. The fourth-order valence-corrected chi connectivity index (χ4v) is 2.87. The molecule has 0 saturated heterocycles. The molecule has 0 atom stereocenters. The summed E-state index contributed by atoms with van der Waals surface area (Å²) in [5.74, 6) is -0.306. The molecule has 3 aromatic rings. The molecule has 27 heavy (non-hydrogen) atoms. The molecular weight excluding hydrogens is 399 g/mol. The van der Waals surface area contributed by atoms with Crippen LogP contribution in [0.2, 0.25) is 10.0 Å². The minimum absolute atomic E-state index is 0.174. The first-order valence-electron chi connectivity index (χ1n) is 7.92. The van der Waals surface area contributed by atoms with Crippen molar-refractivity contribution in [3.63, 3.8) is 0 Å². The quantitative estimate of drug-likeness (QED) is 0.654. The summed E-state index contributed by atoms with van der Waals surface area (Å²) in [6, 6.07) is 8.55. The molecule has 142 valence electrons. The lowest BCUT2D eigenvalue weighted by molar-refractivity contribution is -0.117. The number of anilines is 1. The molecule has 0 unspecified atom stereocenters. The van der Waals surface area contributed by atoms with Gasteiger partial charge in [0.2, 0.25) is 5.91 Å². The van der Waals surface area contributed by atoms with E-state index in [-0.39, 0.29) is 23.1 Å². The van der Waals surface area contributed by atoms with Gasteiger partial charge >= 0.3 is 0 Å². The molecule has 1 amide bonds. The van der Waals surface area contributed by atoms with E-state index in [9.17, 15) is 13.6 Å². The van der Waals surface area contributed by atoms with E-state index in [0.29, 0.717) is 17.3 Å². The highest BCUT2D eigenvalue weighted by atomic mass is 35.5. The molecule has 0 aliphatic rings. The highest BCUT2D eigenvalue weighted by Crippen LogP contribution is 2.22. The molecule has 1 aromatic carbocycles. The third-order valence-electron chi connectivity index (χ3n) is 3.78. The van der Waals surface area contributed by atoms with Crippen molar-refractivity contribution >= 4 is 34.9 Å². The lowest BCUT2D eigenvalue weighted by Crippen LogP contribution is -2.21. The van der Waals surface area contributed by atoms with E-state index >= 15 is 0 Å². The molecule has 10 heteroatoms. The maximum absolute atomic E-state index is 12.7. The number of nitrogens with one attached hydrogen (secondary N) is 1. The van der Waals surface area contributed by atoms with Crippen molar-refractivity contribution in [2.45, 2.75) is 26.4 Å². The van der Waals surface area contributed by atoms with Crippen LogP contribution in [0, 0.1) is 6.92 Å². The topological polar surface area (TPSA) is 64.7 Å². The molecule has 0 spiro atoms. The van der Waals surface area contributed by atoms with Crippen LogP contribution in [-0.2, 0) is 17.9 Å². The van der Waals surface area contributed by atoms with Crippen LogP contribution in [0.4, 0.5) is 14.6 Å². The Kier molecular flexibility index (Phi) is 5.76. The average Bonchev–Trinajstić information content (AvgIpc) is 3.13. The summed E-state index contributed by atoms with van der Waals surface area (Å²) in [7, 11) is 0. The van der Waals surface area contributed by atoms with Gasteiger partial charge in [0.15, 0.2) is 5.82 Å². The van der Waals surface area contributed by atoms with Gasteiger partial charge in [0.1, 0.15) is 17.3 Å². The summed E-state index contributed by atoms with van der Waals surface area (Å²) in [6.07, 6.45) is -1.13. The monoisotopic (exact) mass is 413 g/mol. The van der Waals surface area contributed by atoms with Crippen LogP contribution in [0.15, 0.2) is 36.5 Å². The van der Waals surface area contributed by atoms with Crippen molar-refractivity contribution in [3.05, 3.63) is 63.5 Å². The van der Waals surface area contributed by atoms with Crippen LogP contribution in [0.5, 0.6) is 0 Å². The highest BCUT2D eigenvalue weighted by molar-refractivity contribution is 6.33. The minimum Gasteiger partial charge on any atom is -0.306 e. The Bertz CT molecular complexity index is 970. The summed E-state index contributed by atoms with van der Waals surface area (Å²) in [5, 5.41) is 11.4. The number of halogens is 4. The Morgan fingerprint density at radius 3 is 2.63 bits per heavy atom. The van der Waals surface area contributed by atoms with Crippen LogP contribution >= 0.6 is 23.2 Å². The van der Waals surface area contributed by atoms with Crippen molar-refractivity contribution in [3.8, 4) is 0 Å². The van der Waals surface area contributed by atoms with Crippen molar-refractivity contribution in [1.82, 2.24) is 19.6 Å². The molecule has 0 aliphatic heterocycles. The first kappa shape index (κ1) is 19.3. The van der Waals surface area contributed by atoms with Gasteiger partial charge < -0.3 is 5.32 Å². The van der Waals surface area contributed by atoms with Crippen LogP contribution in [0.3, 0.4) is 0 Å². The zero-order chi connectivity index (χ0) is 19.6. The number of rotatable bonds is 6. The van der Waals surface area contributed by atoms with Gasteiger partial charge in [0, 0.05) is 16.9 Å². The Labute approximate surface area is 163 Å². The van der Waals surface area contributed by atoms with Crippen molar-refractivity contribution in [2.75, 3.05) is 5.32 Å². The Morgan fingerprint density at radius 2 is 1.96 bits per heavy atom. The van der Waals surface area contributed by atoms with E-state index in [1.165, 1.54) is 10.7 Å². The van der Waals surface area contributed by atoms with Crippen molar-refractivity contribution < 1.29 is 13.6 Å². The van der Waals surface area contributed by atoms with E-state index in [4.69, 9.17) is 23.2 Å². The number of amides is 1. The second kappa shape index (κ2) is 8.06. The number of hydrogen-bond acceptors (Lipinski definition) is 3. The third-order valence-corrected chi connectivity index (χ3v) is 4.43. The van der Waals surface area contributed by atoms with E-state index in [1.807, 2.05) is 18.2 Å². The van der Waals surface area contributed by atoms with Gasteiger partial charge in [-0.3, -0.25) is 14.2 Å². The molecular formula is C17H15Cl2F2N5O. The standard InChI is InChI=1S/C17H15Cl2F2N5O/c1-10-6-14(16(20)21)23-26(10)9-15(27)22-17-13(19)8-25(24-17)7-11-4-2-3-5-12(11)18/h2-6,8,16H,7,9H2,1H3,(H,22,24,27). The molecule has 2 aromatic heterocycles. The Morgan fingerprint density at radius 1 is 1.22 bits per heavy atom. The zero-order valence-electron chi connectivity index (χ0n) is 14.2. The summed E-state index contributed by atoms with van der Waals surface area (Å²) in [6.45, 7) is 1.75. The molecule has 0 bridgehead atoms. The van der Waals surface area contributed by atoms with E-state index in [0.717, 1.165) is 5.56 Å². The molecule has 0 fully saturated rings. The van der Waals surface area contributed by atoms with Crippen molar-refractivity contribution in [1.29, 1.82) is 0 Å². The summed E-state index contributed by atoms with van der Waals surface area (Å²) in [4.78, 5) is 12.2. The lowest BCUT2D eigenvalue weighted by atomic mass is 10.2.